The predicted molar refractivity (Wildman–Crippen MR) is 124 cm³/mol. The fourth-order valence-electron chi connectivity index (χ4n) is 3.87. The number of morpholine rings is 1. The normalized spacial score (nSPS) is 16.6. The van der Waals surface area contributed by atoms with Gasteiger partial charge in [0.1, 0.15) is 0 Å². The van der Waals surface area contributed by atoms with Crippen LogP contribution in [-0.2, 0) is 25.6 Å². The molecule has 2 amide bonds. The summed E-state index contributed by atoms with van der Waals surface area (Å²) in [5.74, 6) is -1.12. The monoisotopic (exact) mass is 471 g/mol. The number of nitrogens with zero attached hydrogens (tertiary/aromatic N) is 2. The Balaban J connectivity index is 1.28. The van der Waals surface area contributed by atoms with Crippen LogP contribution in [0.2, 0.25) is 5.02 Å². The molecule has 2 aliphatic rings. The van der Waals surface area contributed by atoms with Gasteiger partial charge in [0.05, 0.1) is 29.5 Å². The lowest BCUT2D eigenvalue weighted by atomic mass is 10.2. The second-order valence-corrected chi connectivity index (χ2v) is 8.43. The third-order valence-electron chi connectivity index (χ3n) is 5.63. The van der Waals surface area contributed by atoms with Crippen molar-refractivity contribution in [3.05, 3.63) is 58.6 Å². The highest BCUT2D eigenvalue weighted by Crippen LogP contribution is 2.30. The van der Waals surface area contributed by atoms with Crippen molar-refractivity contribution < 1.29 is 23.9 Å². The molecule has 0 saturated carbocycles. The summed E-state index contributed by atoms with van der Waals surface area (Å²) < 4.78 is 10.5. The molecule has 0 spiro atoms. The van der Waals surface area contributed by atoms with E-state index in [1.54, 1.807) is 11.0 Å². The first-order valence-corrected chi connectivity index (χ1v) is 11.3. The van der Waals surface area contributed by atoms with E-state index in [4.69, 9.17) is 21.1 Å². The zero-order valence-electron chi connectivity index (χ0n) is 18.2. The van der Waals surface area contributed by atoms with Crippen molar-refractivity contribution in [2.75, 3.05) is 49.7 Å². The summed E-state index contributed by atoms with van der Waals surface area (Å²) in [6, 6.07) is 12.2. The number of rotatable bonds is 7. The SMILES string of the molecule is O=C(COC(=O)c1ccc(Cl)c(N2CCCC2=O)c1)Nc1ccc(CN2CCOCC2)cc1. The van der Waals surface area contributed by atoms with Gasteiger partial charge in [-0.1, -0.05) is 23.7 Å². The van der Waals surface area contributed by atoms with Gasteiger partial charge in [-0.05, 0) is 42.3 Å². The van der Waals surface area contributed by atoms with E-state index in [1.165, 1.54) is 12.1 Å². The third kappa shape index (κ3) is 6.10. The van der Waals surface area contributed by atoms with Crippen LogP contribution in [-0.4, -0.2) is 62.1 Å². The molecule has 2 aromatic carbocycles. The maximum absolute atomic E-state index is 12.4. The molecule has 8 nitrogen and oxygen atoms in total. The van der Waals surface area contributed by atoms with Gasteiger partial charge in [-0.3, -0.25) is 14.5 Å². The van der Waals surface area contributed by atoms with Gasteiger partial charge in [0, 0.05) is 38.3 Å². The lowest BCUT2D eigenvalue weighted by Crippen LogP contribution is -2.35. The minimum Gasteiger partial charge on any atom is -0.452 e. The zero-order valence-corrected chi connectivity index (χ0v) is 19.0. The van der Waals surface area contributed by atoms with E-state index in [2.05, 4.69) is 10.2 Å². The van der Waals surface area contributed by atoms with Crippen LogP contribution in [0.3, 0.4) is 0 Å². The summed E-state index contributed by atoms with van der Waals surface area (Å²) in [7, 11) is 0. The number of anilines is 2. The minimum absolute atomic E-state index is 0.0299. The van der Waals surface area contributed by atoms with Crippen LogP contribution in [0.25, 0.3) is 0 Å². The molecular formula is C24H26ClN3O5. The Labute approximate surface area is 197 Å². The Bertz CT molecular complexity index is 1020. The number of carbonyl (C=O) groups excluding carboxylic acids is 3. The second-order valence-electron chi connectivity index (χ2n) is 8.02. The number of benzene rings is 2. The molecule has 0 aliphatic carbocycles. The number of nitrogens with one attached hydrogen (secondary N) is 1. The van der Waals surface area contributed by atoms with Gasteiger partial charge in [-0.25, -0.2) is 4.79 Å². The number of hydrogen-bond donors (Lipinski definition) is 1. The molecule has 0 aromatic heterocycles. The van der Waals surface area contributed by atoms with E-state index in [-0.39, 0.29) is 11.5 Å². The smallest absolute Gasteiger partial charge is 0.338 e. The van der Waals surface area contributed by atoms with Gasteiger partial charge >= 0.3 is 5.97 Å². The quantitative estimate of drug-likeness (QED) is 0.624. The van der Waals surface area contributed by atoms with Crippen molar-refractivity contribution in [3.63, 3.8) is 0 Å². The second kappa shape index (κ2) is 10.8. The van der Waals surface area contributed by atoms with Crippen LogP contribution < -0.4 is 10.2 Å². The standard InChI is InChI=1S/C24H26ClN3O5/c25-20-8-5-18(14-21(20)28-9-1-2-23(28)30)24(31)33-16-22(29)26-19-6-3-17(4-7-19)15-27-10-12-32-13-11-27/h3-8,14H,1-2,9-13,15-16H2,(H,26,29). The summed E-state index contributed by atoms with van der Waals surface area (Å²) in [5, 5.41) is 3.11. The first-order valence-electron chi connectivity index (χ1n) is 11.0. The van der Waals surface area contributed by atoms with Crippen LogP contribution in [0.1, 0.15) is 28.8 Å². The van der Waals surface area contributed by atoms with Gasteiger partial charge in [0.25, 0.3) is 5.91 Å². The Morgan fingerprint density at radius 3 is 2.52 bits per heavy atom. The Morgan fingerprint density at radius 1 is 1.06 bits per heavy atom. The maximum atomic E-state index is 12.4. The lowest BCUT2D eigenvalue weighted by molar-refractivity contribution is -0.119. The number of ether oxygens (including phenoxy) is 2. The van der Waals surface area contributed by atoms with E-state index in [0.717, 1.165) is 44.8 Å². The molecule has 9 heteroatoms. The van der Waals surface area contributed by atoms with Crippen LogP contribution >= 0.6 is 11.6 Å². The average Bonchev–Trinajstić information content (AvgIpc) is 3.25. The van der Waals surface area contributed by atoms with Crippen LogP contribution in [0.5, 0.6) is 0 Å². The van der Waals surface area contributed by atoms with Gasteiger partial charge in [0.2, 0.25) is 5.91 Å². The fraction of sp³-hybridized carbons (Fsp3) is 0.375. The summed E-state index contributed by atoms with van der Waals surface area (Å²) in [6.07, 6.45) is 1.21. The molecular weight excluding hydrogens is 446 g/mol. The molecule has 33 heavy (non-hydrogen) atoms. The molecule has 0 atom stereocenters. The lowest BCUT2D eigenvalue weighted by Gasteiger charge is -2.26. The summed E-state index contributed by atoms with van der Waals surface area (Å²) >= 11 is 6.21. The number of esters is 1. The van der Waals surface area contributed by atoms with Crippen molar-refractivity contribution in [2.24, 2.45) is 0 Å². The molecule has 4 rings (SSSR count). The van der Waals surface area contributed by atoms with E-state index in [9.17, 15) is 14.4 Å². The fourth-order valence-corrected chi connectivity index (χ4v) is 4.09. The maximum Gasteiger partial charge on any atom is 0.338 e. The van der Waals surface area contributed by atoms with Crippen molar-refractivity contribution in [3.8, 4) is 0 Å². The molecule has 0 bridgehead atoms. The first-order chi connectivity index (χ1) is 16.0. The highest BCUT2D eigenvalue weighted by molar-refractivity contribution is 6.34. The van der Waals surface area contributed by atoms with Crippen molar-refractivity contribution in [1.82, 2.24) is 4.90 Å². The number of hydrogen-bond acceptors (Lipinski definition) is 6. The van der Waals surface area contributed by atoms with Crippen LogP contribution in [0.15, 0.2) is 42.5 Å². The van der Waals surface area contributed by atoms with E-state index in [1.807, 2.05) is 24.3 Å². The van der Waals surface area contributed by atoms with Gasteiger partial charge in [-0.2, -0.15) is 0 Å². The molecule has 0 unspecified atom stereocenters. The molecule has 2 saturated heterocycles. The minimum atomic E-state index is -0.657. The van der Waals surface area contributed by atoms with Crippen molar-refractivity contribution in [1.29, 1.82) is 0 Å². The van der Waals surface area contributed by atoms with E-state index < -0.39 is 18.5 Å². The molecule has 2 heterocycles. The Kier molecular flexibility index (Phi) is 7.59. The number of amides is 2. The van der Waals surface area contributed by atoms with Crippen molar-refractivity contribution >= 4 is 40.8 Å². The Hall–Kier alpha value is -2.94. The van der Waals surface area contributed by atoms with Gasteiger partial charge < -0.3 is 19.7 Å². The molecule has 174 valence electrons. The number of carbonyl (C=O) groups is 3. The topological polar surface area (TPSA) is 88.2 Å². The summed E-state index contributed by atoms with van der Waals surface area (Å²) in [6.45, 7) is 4.29. The molecule has 1 N–H and O–H groups in total. The van der Waals surface area contributed by atoms with E-state index in [0.29, 0.717) is 29.4 Å². The van der Waals surface area contributed by atoms with Gasteiger partial charge in [-0.15, -0.1) is 0 Å². The molecule has 2 aromatic rings. The van der Waals surface area contributed by atoms with Crippen LogP contribution in [0.4, 0.5) is 11.4 Å². The largest absolute Gasteiger partial charge is 0.452 e. The van der Waals surface area contributed by atoms with Crippen molar-refractivity contribution in [2.45, 2.75) is 19.4 Å². The average molecular weight is 472 g/mol. The Morgan fingerprint density at radius 2 is 1.82 bits per heavy atom. The molecule has 2 fully saturated rings. The van der Waals surface area contributed by atoms with Crippen LogP contribution in [0, 0.1) is 0 Å². The zero-order chi connectivity index (χ0) is 23.2. The highest BCUT2D eigenvalue weighted by atomic mass is 35.5. The number of halogens is 1. The predicted octanol–water partition coefficient (Wildman–Crippen LogP) is 3.09. The molecule has 0 radical (unpaired) electrons. The first kappa shape index (κ1) is 23.2. The summed E-state index contributed by atoms with van der Waals surface area (Å²) in [4.78, 5) is 40.6. The summed E-state index contributed by atoms with van der Waals surface area (Å²) in [5.41, 5.74) is 2.49. The highest BCUT2D eigenvalue weighted by Gasteiger charge is 2.25. The van der Waals surface area contributed by atoms with Gasteiger partial charge in [0.15, 0.2) is 6.61 Å². The molecule has 2 aliphatic heterocycles. The van der Waals surface area contributed by atoms with E-state index >= 15 is 0 Å². The third-order valence-corrected chi connectivity index (χ3v) is 5.95.